The maximum absolute atomic E-state index is 12.2. The zero-order valence-corrected chi connectivity index (χ0v) is 15.2. The van der Waals surface area contributed by atoms with E-state index in [1.165, 1.54) is 4.88 Å². The number of carbonyl (C=O) groups is 1. The van der Waals surface area contributed by atoms with E-state index in [1.54, 1.807) is 23.5 Å². The molecule has 1 aromatic carbocycles. The van der Waals surface area contributed by atoms with Gasteiger partial charge in [-0.3, -0.25) is 4.79 Å². The van der Waals surface area contributed by atoms with Gasteiger partial charge in [-0.25, -0.2) is 4.98 Å². The fraction of sp³-hybridized carbons (Fsp3) is 0.444. The van der Waals surface area contributed by atoms with Gasteiger partial charge in [0.05, 0.1) is 10.7 Å². The Labute approximate surface area is 141 Å². The second-order valence-corrected chi connectivity index (χ2v) is 7.77. The number of amides is 1. The number of rotatable bonds is 5. The molecule has 23 heavy (non-hydrogen) atoms. The lowest BCUT2D eigenvalue weighted by Gasteiger charge is -2.21. The van der Waals surface area contributed by atoms with Crippen molar-refractivity contribution in [3.63, 3.8) is 0 Å². The van der Waals surface area contributed by atoms with Crippen LogP contribution in [0, 0.1) is 13.8 Å². The number of aryl methyl sites for hydroxylation is 2. The Morgan fingerprint density at radius 1 is 1.22 bits per heavy atom. The third-order valence-corrected chi connectivity index (χ3v) is 4.31. The third kappa shape index (κ3) is 5.36. The van der Waals surface area contributed by atoms with Gasteiger partial charge >= 0.3 is 0 Å². The predicted molar refractivity (Wildman–Crippen MR) is 94.4 cm³/mol. The molecule has 1 amide bonds. The fourth-order valence-electron chi connectivity index (χ4n) is 2.22. The SMILES string of the molecule is Cc1nc(C)c(CCNC(=O)c2ccc(OC(C)(C)C)cc2)s1. The van der Waals surface area contributed by atoms with E-state index in [0.29, 0.717) is 12.1 Å². The Balaban J connectivity index is 1.87. The first kappa shape index (κ1) is 17.5. The molecule has 0 atom stereocenters. The number of nitrogens with one attached hydrogen (secondary N) is 1. The van der Waals surface area contributed by atoms with Crippen molar-refractivity contribution < 1.29 is 9.53 Å². The minimum absolute atomic E-state index is 0.0637. The summed E-state index contributed by atoms with van der Waals surface area (Å²) in [7, 11) is 0. The van der Waals surface area contributed by atoms with Crippen LogP contribution in [0.2, 0.25) is 0 Å². The number of ether oxygens (including phenoxy) is 1. The predicted octanol–water partition coefficient (Wildman–Crippen LogP) is 3.91. The minimum Gasteiger partial charge on any atom is -0.488 e. The van der Waals surface area contributed by atoms with Gasteiger partial charge in [0.2, 0.25) is 0 Å². The molecule has 0 unspecified atom stereocenters. The van der Waals surface area contributed by atoms with E-state index in [9.17, 15) is 4.79 Å². The molecule has 0 spiro atoms. The first-order valence-electron chi connectivity index (χ1n) is 7.75. The lowest BCUT2D eigenvalue weighted by atomic mass is 10.1. The van der Waals surface area contributed by atoms with E-state index in [4.69, 9.17) is 4.74 Å². The normalized spacial score (nSPS) is 11.3. The first-order valence-corrected chi connectivity index (χ1v) is 8.56. The van der Waals surface area contributed by atoms with E-state index in [1.807, 2.05) is 46.8 Å². The Bertz CT molecular complexity index is 669. The lowest BCUT2D eigenvalue weighted by molar-refractivity contribution is 0.0954. The van der Waals surface area contributed by atoms with Gasteiger partial charge in [0, 0.05) is 23.4 Å². The van der Waals surface area contributed by atoms with Gasteiger partial charge in [-0.2, -0.15) is 0 Å². The van der Waals surface area contributed by atoms with E-state index >= 15 is 0 Å². The average Bonchev–Trinajstić information content (AvgIpc) is 2.76. The molecule has 0 aliphatic heterocycles. The number of nitrogens with zero attached hydrogens (tertiary/aromatic N) is 1. The molecule has 1 heterocycles. The molecule has 124 valence electrons. The van der Waals surface area contributed by atoms with Crippen molar-refractivity contribution in [1.82, 2.24) is 10.3 Å². The molecule has 0 saturated heterocycles. The molecule has 1 N–H and O–H groups in total. The molecule has 1 aromatic heterocycles. The van der Waals surface area contributed by atoms with Crippen LogP contribution in [0.4, 0.5) is 0 Å². The van der Waals surface area contributed by atoms with E-state index < -0.39 is 0 Å². The van der Waals surface area contributed by atoms with Crippen LogP contribution in [0.15, 0.2) is 24.3 Å². The molecule has 4 nitrogen and oxygen atoms in total. The van der Waals surface area contributed by atoms with Gasteiger partial charge in [-0.15, -0.1) is 11.3 Å². The van der Waals surface area contributed by atoms with Crippen molar-refractivity contribution in [1.29, 1.82) is 0 Å². The van der Waals surface area contributed by atoms with E-state index in [2.05, 4.69) is 10.3 Å². The number of thiazole rings is 1. The van der Waals surface area contributed by atoms with Crippen LogP contribution in [0.1, 0.15) is 46.7 Å². The minimum atomic E-state index is -0.242. The smallest absolute Gasteiger partial charge is 0.251 e. The highest BCUT2D eigenvalue weighted by Gasteiger charge is 2.12. The van der Waals surface area contributed by atoms with E-state index in [0.717, 1.165) is 22.9 Å². The second kappa shape index (κ2) is 7.13. The van der Waals surface area contributed by atoms with Crippen LogP contribution >= 0.6 is 11.3 Å². The third-order valence-electron chi connectivity index (χ3n) is 3.18. The maximum Gasteiger partial charge on any atom is 0.251 e. The monoisotopic (exact) mass is 332 g/mol. The van der Waals surface area contributed by atoms with Crippen LogP contribution < -0.4 is 10.1 Å². The summed E-state index contributed by atoms with van der Waals surface area (Å²) in [5, 5.41) is 4.02. The van der Waals surface area contributed by atoms with Crippen molar-refractivity contribution in [3.8, 4) is 5.75 Å². The van der Waals surface area contributed by atoms with Gasteiger partial charge in [0.1, 0.15) is 11.4 Å². The molecule has 2 aromatic rings. The fourth-order valence-corrected chi connectivity index (χ4v) is 3.16. The van der Waals surface area contributed by atoms with E-state index in [-0.39, 0.29) is 11.5 Å². The van der Waals surface area contributed by atoms with Crippen molar-refractivity contribution in [2.24, 2.45) is 0 Å². The molecule has 0 saturated carbocycles. The highest BCUT2D eigenvalue weighted by molar-refractivity contribution is 7.11. The number of hydrogen-bond acceptors (Lipinski definition) is 4. The average molecular weight is 332 g/mol. The van der Waals surface area contributed by atoms with Crippen molar-refractivity contribution in [2.75, 3.05) is 6.54 Å². The molecule has 5 heteroatoms. The van der Waals surface area contributed by atoms with Gasteiger partial charge in [-0.05, 0) is 58.9 Å². The molecular formula is C18H24N2O2S. The van der Waals surface area contributed by atoms with Crippen molar-refractivity contribution >= 4 is 17.2 Å². The maximum atomic E-state index is 12.2. The van der Waals surface area contributed by atoms with Crippen LogP contribution in [0.25, 0.3) is 0 Å². The van der Waals surface area contributed by atoms with Crippen LogP contribution in [0.3, 0.4) is 0 Å². The first-order chi connectivity index (χ1) is 10.7. The summed E-state index contributed by atoms with van der Waals surface area (Å²) >= 11 is 1.69. The topological polar surface area (TPSA) is 51.2 Å². The zero-order valence-electron chi connectivity index (χ0n) is 14.4. The number of benzene rings is 1. The molecule has 2 rings (SSSR count). The van der Waals surface area contributed by atoms with Crippen molar-refractivity contribution in [2.45, 2.75) is 46.6 Å². The molecule has 0 fully saturated rings. The largest absolute Gasteiger partial charge is 0.488 e. The summed E-state index contributed by atoms with van der Waals surface area (Å²) in [6.45, 7) is 10.6. The Morgan fingerprint density at radius 2 is 1.87 bits per heavy atom. The summed E-state index contributed by atoms with van der Waals surface area (Å²) < 4.78 is 5.75. The van der Waals surface area contributed by atoms with Gasteiger partial charge in [0.25, 0.3) is 5.91 Å². The summed E-state index contributed by atoms with van der Waals surface area (Å²) in [4.78, 5) is 17.8. The summed E-state index contributed by atoms with van der Waals surface area (Å²) in [5.74, 6) is 0.705. The quantitative estimate of drug-likeness (QED) is 0.903. The van der Waals surface area contributed by atoms with Crippen LogP contribution in [0.5, 0.6) is 5.75 Å². The lowest BCUT2D eigenvalue weighted by Crippen LogP contribution is -2.26. The Morgan fingerprint density at radius 3 is 2.39 bits per heavy atom. The van der Waals surface area contributed by atoms with Crippen LogP contribution in [-0.4, -0.2) is 23.0 Å². The molecule has 0 aliphatic rings. The summed E-state index contributed by atoms with van der Waals surface area (Å²) in [6, 6.07) is 7.24. The number of carbonyl (C=O) groups excluding carboxylic acids is 1. The Kier molecular flexibility index (Phi) is 5.42. The Hall–Kier alpha value is -1.88. The van der Waals surface area contributed by atoms with Crippen molar-refractivity contribution in [3.05, 3.63) is 45.4 Å². The number of aromatic nitrogens is 1. The molecule has 0 bridgehead atoms. The molecule has 0 radical (unpaired) electrons. The van der Waals surface area contributed by atoms with Gasteiger partial charge < -0.3 is 10.1 Å². The zero-order chi connectivity index (χ0) is 17.0. The van der Waals surface area contributed by atoms with Gasteiger partial charge in [-0.1, -0.05) is 0 Å². The highest BCUT2D eigenvalue weighted by atomic mass is 32.1. The highest BCUT2D eigenvalue weighted by Crippen LogP contribution is 2.19. The summed E-state index contributed by atoms with van der Waals surface area (Å²) in [5.41, 5.74) is 1.46. The van der Waals surface area contributed by atoms with Crippen LogP contribution in [-0.2, 0) is 6.42 Å². The summed E-state index contributed by atoms with van der Waals surface area (Å²) in [6.07, 6.45) is 0.814. The molecule has 0 aliphatic carbocycles. The number of hydrogen-bond donors (Lipinski definition) is 1. The second-order valence-electron chi connectivity index (χ2n) is 6.49. The standard InChI is InChI=1S/C18H24N2O2S/c1-12-16(23-13(2)20-12)10-11-19-17(21)14-6-8-15(9-7-14)22-18(3,4)5/h6-9H,10-11H2,1-5H3,(H,19,21). The van der Waals surface area contributed by atoms with Gasteiger partial charge in [0.15, 0.2) is 0 Å². The molecular weight excluding hydrogens is 308 g/mol.